The molecule has 0 saturated heterocycles. The van der Waals surface area contributed by atoms with Gasteiger partial charge in [0.1, 0.15) is 6.04 Å². The molecule has 3 aromatic carbocycles. The quantitative estimate of drug-likeness (QED) is 0.316. The zero-order valence-corrected chi connectivity index (χ0v) is 22.5. The van der Waals surface area contributed by atoms with Crippen molar-refractivity contribution in [2.45, 2.75) is 50.2 Å². The summed E-state index contributed by atoms with van der Waals surface area (Å²) in [5, 5.41) is 3.92. The number of hydrogen-bond acceptors (Lipinski definition) is 3. The van der Waals surface area contributed by atoms with Gasteiger partial charge in [0.2, 0.25) is 11.8 Å². The Labute approximate surface area is 222 Å². The monoisotopic (exact) mass is 528 g/mol. The molecule has 7 heteroatoms. The number of carbonyl (C=O) groups excluding carboxylic acids is 2. The van der Waals surface area contributed by atoms with Crippen LogP contribution in [0.25, 0.3) is 0 Å². The molecule has 1 N–H and O–H groups in total. The number of rotatable bonds is 9. The number of nitrogens with one attached hydrogen (secondary N) is 1. The molecular weight excluding hydrogens is 499 g/mol. The summed E-state index contributed by atoms with van der Waals surface area (Å²) >= 11 is 13.8. The molecule has 0 aliphatic rings. The molecule has 0 heterocycles. The predicted octanol–water partition coefficient (Wildman–Crippen LogP) is 6.64. The van der Waals surface area contributed by atoms with E-state index in [4.69, 9.17) is 23.2 Å². The number of amides is 2. The number of nitrogens with zero attached hydrogens (tertiary/aromatic N) is 1. The molecular formula is C28H30Cl2N2O2S. The molecule has 184 valence electrons. The lowest BCUT2D eigenvalue weighted by molar-refractivity contribution is -0.140. The van der Waals surface area contributed by atoms with Crippen LogP contribution in [0.3, 0.4) is 0 Å². The highest BCUT2D eigenvalue weighted by Gasteiger charge is 2.32. The number of halogens is 2. The van der Waals surface area contributed by atoms with Gasteiger partial charge in [-0.25, -0.2) is 0 Å². The molecule has 0 aromatic heterocycles. The zero-order valence-electron chi connectivity index (χ0n) is 20.1. The molecule has 4 nitrogen and oxygen atoms in total. The van der Waals surface area contributed by atoms with Gasteiger partial charge in [-0.1, -0.05) is 77.8 Å². The van der Waals surface area contributed by atoms with Crippen LogP contribution in [0.15, 0.2) is 83.8 Å². The van der Waals surface area contributed by atoms with Gasteiger partial charge in [0, 0.05) is 23.4 Å². The van der Waals surface area contributed by atoms with Crippen LogP contribution < -0.4 is 5.32 Å². The second-order valence-corrected chi connectivity index (χ2v) is 11.2. The fourth-order valence-corrected chi connectivity index (χ4v) is 4.71. The molecule has 1 atom stereocenters. The Hall–Kier alpha value is -2.47. The van der Waals surface area contributed by atoms with E-state index >= 15 is 0 Å². The van der Waals surface area contributed by atoms with Crippen molar-refractivity contribution in [3.63, 3.8) is 0 Å². The van der Waals surface area contributed by atoms with Crippen LogP contribution in [0.5, 0.6) is 0 Å². The van der Waals surface area contributed by atoms with E-state index in [1.54, 1.807) is 17.0 Å². The van der Waals surface area contributed by atoms with E-state index in [0.29, 0.717) is 16.5 Å². The smallest absolute Gasteiger partial charge is 0.243 e. The molecule has 3 aromatic rings. The summed E-state index contributed by atoms with van der Waals surface area (Å²) in [7, 11) is 0. The van der Waals surface area contributed by atoms with Gasteiger partial charge in [-0.2, -0.15) is 0 Å². The maximum Gasteiger partial charge on any atom is 0.243 e. The molecule has 0 fully saturated rings. The Bertz CT molecular complexity index is 1130. The Morgan fingerprint density at radius 2 is 1.51 bits per heavy atom. The van der Waals surface area contributed by atoms with Gasteiger partial charge in [0.15, 0.2) is 0 Å². The summed E-state index contributed by atoms with van der Waals surface area (Å²) in [4.78, 5) is 29.8. The highest BCUT2D eigenvalue weighted by atomic mass is 35.5. The van der Waals surface area contributed by atoms with Gasteiger partial charge in [-0.3, -0.25) is 9.59 Å². The van der Waals surface area contributed by atoms with Gasteiger partial charge >= 0.3 is 0 Å². The minimum absolute atomic E-state index is 0.130. The predicted molar refractivity (Wildman–Crippen MR) is 146 cm³/mol. The number of thioether (sulfide) groups is 1. The average molecular weight is 530 g/mol. The van der Waals surface area contributed by atoms with E-state index in [-0.39, 0.29) is 24.1 Å². The second-order valence-electron chi connectivity index (χ2n) is 9.32. The van der Waals surface area contributed by atoms with Crippen LogP contribution in [0, 0.1) is 0 Å². The van der Waals surface area contributed by atoms with Crippen LogP contribution in [0.4, 0.5) is 0 Å². The van der Waals surface area contributed by atoms with E-state index in [1.807, 2.05) is 87.5 Å². The van der Waals surface area contributed by atoms with E-state index in [1.165, 1.54) is 11.8 Å². The zero-order chi connectivity index (χ0) is 25.4. The number of benzene rings is 3. The van der Waals surface area contributed by atoms with Crippen molar-refractivity contribution in [3.8, 4) is 0 Å². The van der Waals surface area contributed by atoms with Crippen molar-refractivity contribution in [2.75, 3.05) is 5.75 Å². The highest BCUT2D eigenvalue weighted by molar-refractivity contribution is 8.00. The molecule has 0 bridgehead atoms. The fraction of sp³-hybridized carbons (Fsp3) is 0.286. The normalized spacial score (nSPS) is 12.1. The summed E-state index contributed by atoms with van der Waals surface area (Å²) in [6.45, 7) is 6.03. The van der Waals surface area contributed by atoms with E-state index < -0.39 is 11.6 Å². The lowest BCUT2D eigenvalue weighted by atomic mass is 10.0. The third kappa shape index (κ3) is 8.60. The Morgan fingerprint density at radius 3 is 2.11 bits per heavy atom. The molecule has 0 aliphatic carbocycles. The molecule has 0 radical (unpaired) electrons. The standard InChI is InChI=1S/C28H30Cl2N2O2S/c1-28(2,3)31-27(34)25(17-20-10-6-4-7-11-20)32(18-21-14-15-23(29)24(30)16-21)26(33)19-35-22-12-8-5-9-13-22/h4-16,25H,17-19H2,1-3H3,(H,31,34)/t25-/m1/s1. The van der Waals surface area contributed by atoms with E-state index in [0.717, 1.165) is 16.0 Å². The van der Waals surface area contributed by atoms with Crippen molar-refractivity contribution in [1.82, 2.24) is 10.2 Å². The molecule has 0 aliphatic heterocycles. The van der Waals surface area contributed by atoms with E-state index in [2.05, 4.69) is 5.32 Å². The third-order valence-electron chi connectivity index (χ3n) is 5.21. The first kappa shape index (κ1) is 27.1. The summed E-state index contributed by atoms with van der Waals surface area (Å²) in [5.41, 5.74) is 1.34. The summed E-state index contributed by atoms with van der Waals surface area (Å²) < 4.78 is 0. The van der Waals surface area contributed by atoms with Gasteiger partial charge in [0.05, 0.1) is 15.8 Å². The topological polar surface area (TPSA) is 49.4 Å². The minimum atomic E-state index is -0.699. The van der Waals surface area contributed by atoms with Crippen molar-refractivity contribution in [1.29, 1.82) is 0 Å². The third-order valence-corrected chi connectivity index (χ3v) is 6.95. The van der Waals surface area contributed by atoms with Gasteiger partial charge in [-0.05, 0) is 56.2 Å². The molecule has 35 heavy (non-hydrogen) atoms. The molecule has 2 amide bonds. The molecule has 3 rings (SSSR count). The first-order valence-corrected chi connectivity index (χ1v) is 13.1. The molecule has 0 saturated carbocycles. The van der Waals surface area contributed by atoms with Crippen molar-refractivity contribution >= 4 is 46.8 Å². The Morgan fingerprint density at radius 1 is 0.886 bits per heavy atom. The molecule has 0 spiro atoms. The first-order valence-electron chi connectivity index (χ1n) is 11.4. The van der Waals surface area contributed by atoms with Crippen LogP contribution in [-0.4, -0.2) is 34.0 Å². The van der Waals surface area contributed by atoms with Crippen LogP contribution in [-0.2, 0) is 22.6 Å². The fourth-order valence-electron chi connectivity index (χ4n) is 3.59. The van der Waals surface area contributed by atoms with Gasteiger partial charge in [-0.15, -0.1) is 11.8 Å². The minimum Gasteiger partial charge on any atom is -0.350 e. The van der Waals surface area contributed by atoms with Crippen LogP contribution >= 0.6 is 35.0 Å². The maximum atomic E-state index is 13.6. The van der Waals surface area contributed by atoms with E-state index in [9.17, 15) is 9.59 Å². The summed E-state index contributed by atoms with van der Waals surface area (Å²) in [6, 6.07) is 24.1. The van der Waals surface area contributed by atoms with Crippen LogP contribution in [0.2, 0.25) is 10.0 Å². The molecule has 0 unspecified atom stereocenters. The maximum absolute atomic E-state index is 13.6. The Kier molecular flexibility index (Phi) is 9.67. The largest absolute Gasteiger partial charge is 0.350 e. The lowest BCUT2D eigenvalue weighted by Gasteiger charge is -2.34. The first-order chi connectivity index (χ1) is 16.6. The Balaban J connectivity index is 1.94. The van der Waals surface area contributed by atoms with Crippen molar-refractivity contribution < 1.29 is 9.59 Å². The highest BCUT2D eigenvalue weighted by Crippen LogP contribution is 2.25. The van der Waals surface area contributed by atoms with Crippen molar-refractivity contribution in [2.24, 2.45) is 0 Å². The number of hydrogen-bond donors (Lipinski definition) is 1. The number of carbonyl (C=O) groups is 2. The SMILES string of the molecule is CC(C)(C)NC(=O)[C@@H](Cc1ccccc1)N(Cc1ccc(Cl)c(Cl)c1)C(=O)CSc1ccccc1. The van der Waals surface area contributed by atoms with Gasteiger partial charge in [0.25, 0.3) is 0 Å². The van der Waals surface area contributed by atoms with Gasteiger partial charge < -0.3 is 10.2 Å². The summed E-state index contributed by atoms with van der Waals surface area (Å²) in [6.07, 6.45) is 0.395. The lowest BCUT2D eigenvalue weighted by Crippen LogP contribution is -2.54. The van der Waals surface area contributed by atoms with Crippen molar-refractivity contribution in [3.05, 3.63) is 100 Å². The summed E-state index contributed by atoms with van der Waals surface area (Å²) in [5.74, 6) is -0.117. The average Bonchev–Trinajstić information content (AvgIpc) is 2.82. The second kappa shape index (κ2) is 12.5. The van der Waals surface area contributed by atoms with Crippen LogP contribution in [0.1, 0.15) is 31.9 Å².